The van der Waals surface area contributed by atoms with Gasteiger partial charge in [0.05, 0.1) is 18.2 Å². The lowest BCUT2D eigenvalue weighted by Gasteiger charge is -2.09. The van der Waals surface area contributed by atoms with Gasteiger partial charge < -0.3 is 14.8 Å². The summed E-state index contributed by atoms with van der Waals surface area (Å²) in [5.41, 5.74) is -0.225. The average Bonchev–Trinajstić information content (AvgIpc) is 2.49. The molecule has 1 aromatic heterocycles. The van der Waals surface area contributed by atoms with Crippen molar-refractivity contribution >= 4 is 23.2 Å². The normalized spacial score (nSPS) is 10.0. The monoisotopic (exact) mass is 310 g/mol. The fourth-order valence-corrected chi connectivity index (χ4v) is 1.63. The number of hydrogen-bond donors (Lipinski definition) is 1. The molecule has 0 saturated carbocycles. The Morgan fingerprint density at radius 3 is 2.81 bits per heavy atom. The number of nitrogens with zero attached hydrogens (tertiary/aromatic N) is 3. The SMILES string of the molecule is CNc1ncc(Cl)c(Oc2cc(OC)ccc2[N+](=O)[O-])n1. The summed E-state index contributed by atoms with van der Waals surface area (Å²) in [7, 11) is 3.07. The molecule has 1 aromatic carbocycles. The van der Waals surface area contributed by atoms with Crippen LogP contribution in [0.1, 0.15) is 0 Å². The van der Waals surface area contributed by atoms with E-state index in [2.05, 4.69) is 15.3 Å². The van der Waals surface area contributed by atoms with Crippen LogP contribution in [0.5, 0.6) is 17.4 Å². The first-order chi connectivity index (χ1) is 10.0. The molecule has 0 fully saturated rings. The minimum Gasteiger partial charge on any atom is -0.497 e. The lowest BCUT2D eigenvalue weighted by molar-refractivity contribution is -0.385. The molecular weight excluding hydrogens is 300 g/mol. The molecule has 0 bridgehead atoms. The summed E-state index contributed by atoms with van der Waals surface area (Å²) >= 11 is 5.93. The predicted octanol–water partition coefficient (Wildman–Crippen LogP) is 2.88. The molecule has 0 saturated heterocycles. The summed E-state index contributed by atoms with van der Waals surface area (Å²) < 4.78 is 10.5. The van der Waals surface area contributed by atoms with Crippen LogP contribution in [0.25, 0.3) is 0 Å². The van der Waals surface area contributed by atoms with Gasteiger partial charge in [0.15, 0.2) is 0 Å². The number of aromatic nitrogens is 2. The van der Waals surface area contributed by atoms with Gasteiger partial charge in [0.2, 0.25) is 17.6 Å². The average molecular weight is 311 g/mol. The third kappa shape index (κ3) is 3.29. The number of nitro benzene ring substituents is 1. The minimum atomic E-state index is -0.567. The number of nitrogens with one attached hydrogen (secondary N) is 1. The van der Waals surface area contributed by atoms with E-state index in [-0.39, 0.29) is 28.3 Å². The summed E-state index contributed by atoms with van der Waals surface area (Å²) in [6.07, 6.45) is 1.34. The van der Waals surface area contributed by atoms with Crippen molar-refractivity contribution in [3.8, 4) is 17.4 Å². The van der Waals surface area contributed by atoms with Crippen molar-refractivity contribution in [1.82, 2.24) is 9.97 Å². The van der Waals surface area contributed by atoms with E-state index in [0.29, 0.717) is 5.75 Å². The number of ether oxygens (including phenoxy) is 2. The standard InChI is InChI=1S/C12H11ClN4O4/c1-14-12-15-6-8(13)11(16-12)21-10-5-7(20-2)3-4-9(10)17(18)19/h3-6H,1-2H3,(H,14,15,16). The number of hydrogen-bond acceptors (Lipinski definition) is 7. The molecule has 0 aliphatic carbocycles. The van der Waals surface area contributed by atoms with Crippen LogP contribution in [0.4, 0.5) is 11.6 Å². The van der Waals surface area contributed by atoms with Crippen LogP contribution in [-0.2, 0) is 0 Å². The van der Waals surface area contributed by atoms with Gasteiger partial charge in [0.1, 0.15) is 10.8 Å². The molecule has 0 aliphatic heterocycles. The quantitative estimate of drug-likeness (QED) is 0.669. The number of anilines is 1. The van der Waals surface area contributed by atoms with Crippen LogP contribution in [0.3, 0.4) is 0 Å². The Morgan fingerprint density at radius 1 is 1.43 bits per heavy atom. The van der Waals surface area contributed by atoms with Gasteiger partial charge in [-0.1, -0.05) is 11.6 Å². The highest BCUT2D eigenvalue weighted by molar-refractivity contribution is 6.31. The Balaban J connectivity index is 2.44. The number of benzene rings is 1. The number of halogens is 1. The Labute approximate surface area is 124 Å². The molecule has 0 aliphatic rings. The maximum atomic E-state index is 11.0. The van der Waals surface area contributed by atoms with Gasteiger partial charge in [-0.15, -0.1) is 0 Å². The van der Waals surface area contributed by atoms with E-state index in [9.17, 15) is 10.1 Å². The molecule has 2 rings (SSSR count). The maximum Gasteiger partial charge on any atom is 0.311 e. The zero-order chi connectivity index (χ0) is 15.4. The molecule has 0 atom stereocenters. The van der Waals surface area contributed by atoms with Crippen molar-refractivity contribution in [1.29, 1.82) is 0 Å². The molecule has 8 nitrogen and oxygen atoms in total. The summed E-state index contributed by atoms with van der Waals surface area (Å²) in [6, 6.07) is 4.13. The van der Waals surface area contributed by atoms with E-state index in [1.165, 1.54) is 31.5 Å². The Hall–Kier alpha value is -2.61. The van der Waals surface area contributed by atoms with Gasteiger partial charge >= 0.3 is 5.69 Å². The fourth-order valence-electron chi connectivity index (χ4n) is 1.50. The molecule has 9 heteroatoms. The number of nitro groups is 1. The van der Waals surface area contributed by atoms with Gasteiger partial charge in [-0.25, -0.2) is 4.98 Å². The van der Waals surface area contributed by atoms with E-state index in [4.69, 9.17) is 21.1 Å². The zero-order valence-corrected chi connectivity index (χ0v) is 11.9. The van der Waals surface area contributed by atoms with Gasteiger partial charge in [0.25, 0.3) is 0 Å². The molecule has 21 heavy (non-hydrogen) atoms. The smallest absolute Gasteiger partial charge is 0.311 e. The highest BCUT2D eigenvalue weighted by Crippen LogP contribution is 2.36. The Morgan fingerprint density at radius 2 is 2.19 bits per heavy atom. The van der Waals surface area contributed by atoms with Crippen LogP contribution < -0.4 is 14.8 Å². The van der Waals surface area contributed by atoms with Crippen LogP contribution in [0.2, 0.25) is 5.02 Å². The van der Waals surface area contributed by atoms with E-state index in [1.54, 1.807) is 7.05 Å². The molecular formula is C12H11ClN4O4. The lowest BCUT2D eigenvalue weighted by Crippen LogP contribution is -2.00. The van der Waals surface area contributed by atoms with Crippen LogP contribution >= 0.6 is 11.6 Å². The van der Waals surface area contributed by atoms with E-state index in [1.807, 2.05) is 0 Å². The van der Waals surface area contributed by atoms with Crippen LogP contribution in [0.15, 0.2) is 24.4 Å². The second-order valence-corrected chi connectivity index (χ2v) is 4.20. The summed E-state index contributed by atoms with van der Waals surface area (Å²) in [5.74, 6) is 0.670. The molecule has 0 spiro atoms. The molecule has 0 unspecified atom stereocenters. The van der Waals surface area contributed by atoms with Gasteiger partial charge in [-0.3, -0.25) is 10.1 Å². The van der Waals surface area contributed by atoms with Crippen molar-refractivity contribution in [2.24, 2.45) is 0 Å². The Bertz CT molecular complexity index is 680. The summed E-state index contributed by atoms with van der Waals surface area (Å²) in [4.78, 5) is 18.4. The second kappa shape index (κ2) is 6.23. The largest absolute Gasteiger partial charge is 0.497 e. The third-order valence-electron chi connectivity index (χ3n) is 2.51. The molecule has 0 radical (unpaired) electrons. The van der Waals surface area contributed by atoms with E-state index in [0.717, 1.165) is 0 Å². The molecule has 1 N–H and O–H groups in total. The minimum absolute atomic E-state index is 0.00682. The van der Waals surface area contributed by atoms with Crippen molar-refractivity contribution in [2.75, 3.05) is 19.5 Å². The van der Waals surface area contributed by atoms with Crippen molar-refractivity contribution < 1.29 is 14.4 Å². The first kappa shape index (κ1) is 14.8. The summed E-state index contributed by atoms with van der Waals surface area (Å²) in [5, 5.41) is 13.9. The van der Waals surface area contributed by atoms with Gasteiger partial charge in [-0.05, 0) is 6.07 Å². The summed E-state index contributed by atoms with van der Waals surface area (Å²) in [6.45, 7) is 0. The maximum absolute atomic E-state index is 11.0. The lowest BCUT2D eigenvalue weighted by atomic mass is 10.3. The van der Waals surface area contributed by atoms with Crippen LogP contribution in [-0.4, -0.2) is 29.0 Å². The molecule has 110 valence electrons. The molecule has 1 heterocycles. The van der Waals surface area contributed by atoms with Crippen molar-refractivity contribution in [2.45, 2.75) is 0 Å². The van der Waals surface area contributed by atoms with Gasteiger partial charge in [-0.2, -0.15) is 4.98 Å². The molecule has 0 amide bonds. The van der Waals surface area contributed by atoms with Crippen molar-refractivity contribution in [3.63, 3.8) is 0 Å². The molecule has 2 aromatic rings. The fraction of sp³-hybridized carbons (Fsp3) is 0.167. The number of methoxy groups -OCH3 is 1. The van der Waals surface area contributed by atoms with E-state index >= 15 is 0 Å². The van der Waals surface area contributed by atoms with Crippen LogP contribution in [0, 0.1) is 10.1 Å². The van der Waals surface area contributed by atoms with Crippen molar-refractivity contribution in [3.05, 3.63) is 39.5 Å². The number of rotatable bonds is 5. The first-order valence-electron chi connectivity index (χ1n) is 5.75. The highest BCUT2D eigenvalue weighted by Gasteiger charge is 2.19. The highest BCUT2D eigenvalue weighted by atomic mass is 35.5. The van der Waals surface area contributed by atoms with Gasteiger partial charge in [0, 0.05) is 19.2 Å². The second-order valence-electron chi connectivity index (χ2n) is 3.79. The first-order valence-corrected chi connectivity index (χ1v) is 6.13. The predicted molar refractivity (Wildman–Crippen MR) is 76.3 cm³/mol. The van der Waals surface area contributed by atoms with E-state index < -0.39 is 4.92 Å². The topological polar surface area (TPSA) is 99.4 Å². The zero-order valence-electron chi connectivity index (χ0n) is 11.2. The third-order valence-corrected chi connectivity index (χ3v) is 2.77. The Kier molecular flexibility index (Phi) is 4.39.